The van der Waals surface area contributed by atoms with Crippen molar-refractivity contribution in [2.24, 2.45) is 10.9 Å². The van der Waals surface area contributed by atoms with Crippen molar-refractivity contribution in [3.05, 3.63) is 0 Å². The largest absolute Gasteiger partial charge is 0.381 e. The average Bonchev–Trinajstić information content (AvgIpc) is 2.41. The molecule has 19 heavy (non-hydrogen) atoms. The summed E-state index contributed by atoms with van der Waals surface area (Å²) in [5.41, 5.74) is 0. The topological polar surface area (TPSA) is 36.9 Å². The number of ether oxygens (including phenoxy) is 1. The molecule has 0 radical (unpaired) electrons. The van der Waals surface area contributed by atoms with Gasteiger partial charge in [-0.05, 0) is 32.1 Å². The third-order valence-electron chi connectivity index (χ3n) is 3.29. The normalized spacial score (nSPS) is 17.8. The first kappa shape index (κ1) is 16.1. The van der Waals surface area contributed by atoms with E-state index in [-0.39, 0.29) is 0 Å². The smallest absolute Gasteiger partial charge is 0.257 e. The number of hydrogen-bond acceptors (Lipinski definition) is 2. The van der Waals surface area contributed by atoms with Gasteiger partial charge in [0.1, 0.15) is 6.54 Å². The molecule has 0 aromatic heterocycles. The Morgan fingerprint density at radius 2 is 2.11 bits per heavy atom. The van der Waals surface area contributed by atoms with Gasteiger partial charge in [0.05, 0.1) is 0 Å². The molecule has 0 saturated carbocycles. The van der Waals surface area contributed by atoms with Crippen LogP contribution in [0.1, 0.15) is 26.2 Å². The van der Waals surface area contributed by atoms with Crippen molar-refractivity contribution >= 4 is 5.96 Å². The Balaban J connectivity index is 2.37. The Labute approximate surface area is 114 Å². The quantitative estimate of drug-likeness (QED) is 0.596. The zero-order valence-corrected chi connectivity index (χ0v) is 11.9. The number of aliphatic imine (C=N–C) groups is 1. The maximum atomic E-state index is 12.2. The van der Waals surface area contributed by atoms with E-state index in [1.807, 2.05) is 18.9 Å². The fourth-order valence-electron chi connectivity index (χ4n) is 2.14. The van der Waals surface area contributed by atoms with Crippen LogP contribution in [0.25, 0.3) is 0 Å². The van der Waals surface area contributed by atoms with Gasteiger partial charge in [-0.3, -0.25) is 0 Å². The Bertz CT molecular complexity index is 269. The lowest BCUT2D eigenvalue weighted by atomic mass is 9.96. The summed E-state index contributed by atoms with van der Waals surface area (Å²) < 4.78 is 29.7. The van der Waals surface area contributed by atoms with Gasteiger partial charge in [-0.1, -0.05) is 0 Å². The predicted molar refractivity (Wildman–Crippen MR) is 72.8 cm³/mol. The van der Waals surface area contributed by atoms with Gasteiger partial charge in [0.15, 0.2) is 5.96 Å². The molecule has 0 spiro atoms. The van der Waals surface area contributed by atoms with Crippen molar-refractivity contribution in [3.8, 4) is 0 Å². The molecule has 1 rings (SSSR count). The van der Waals surface area contributed by atoms with Gasteiger partial charge in [0.2, 0.25) is 0 Å². The van der Waals surface area contributed by atoms with E-state index < -0.39 is 13.0 Å². The molecule has 0 amide bonds. The Kier molecular flexibility index (Phi) is 7.70. The highest BCUT2D eigenvalue weighted by Crippen LogP contribution is 2.18. The van der Waals surface area contributed by atoms with Crippen LogP contribution in [-0.4, -0.2) is 57.2 Å². The van der Waals surface area contributed by atoms with E-state index in [0.29, 0.717) is 18.4 Å². The molecule has 0 aromatic rings. The summed E-state index contributed by atoms with van der Waals surface area (Å²) in [5.74, 6) is 1.24. The van der Waals surface area contributed by atoms with Crippen LogP contribution in [0.4, 0.5) is 8.78 Å². The molecule has 0 aromatic carbocycles. The molecule has 112 valence electrons. The first-order valence-electron chi connectivity index (χ1n) is 6.98. The van der Waals surface area contributed by atoms with Crippen molar-refractivity contribution in [3.63, 3.8) is 0 Å². The summed E-state index contributed by atoms with van der Waals surface area (Å²) in [4.78, 5) is 5.87. The number of rotatable bonds is 6. The monoisotopic (exact) mass is 277 g/mol. The van der Waals surface area contributed by atoms with Crippen LogP contribution in [0.3, 0.4) is 0 Å². The molecule has 0 bridgehead atoms. The fourth-order valence-corrected chi connectivity index (χ4v) is 2.14. The van der Waals surface area contributed by atoms with Gasteiger partial charge >= 0.3 is 0 Å². The second-order valence-corrected chi connectivity index (χ2v) is 4.85. The van der Waals surface area contributed by atoms with Crippen LogP contribution in [0.15, 0.2) is 4.99 Å². The molecule has 1 N–H and O–H groups in total. The van der Waals surface area contributed by atoms with E-state index in [2.05, 4.69) is 10.3 Å². The van der Waals surface area contributed by atoms with Gasteiger partial charge in [-0.2, -0.15) is 0 Å². The molecule has 1 aliphatic rings. The maximum Gasteiger partial charge on any atom is 0.257 e. The number of hydrogen-bond donors (Lipinski definition) is 1. The highest BCUT2D eigenvalue weighted by atomic mass is 19.3. The van der Waals surface area contributed by atoms with Crippen LogP contribution in [0.5, 0.6) is 0 Å². The van der Waals surface area contributed by atoms with E-state index in [1.165, 1.54) is 0 Å². The standard InChI is InChI=1S/C13H25F2N3O/c1-3-16-13(17-10-12(14)15)18(2)7-4-11-5-8-19-9-6-11/h11-12H,3-10H2,1-2H3,(H,16,17). The summed E-state index contributed by atoms with van der Waals surface area (Å²) in [5, 5.41) is 3.04. The molecular weight excluding hydrogens is 252 g/mol. The second-order valence-electron chi connectivity index (χ2n) is 4.85. The average molecular weight is 277 g/mol. The molecule has 0 unspecified atom stereocenters. The van der Waals surface area contributed by atoms with Gasteiger partial charge in [0.25, 0.3) is 6.43 Å². The lowest BCUT2D eigenvalue weighted by Gasteiger charge is -2.26. The lowest BCUT2D eigenvalue weighted by Crippen LogP contribution is -2.40. The number of halogens is 2. The van der Waals surface area contributed by atoms with Crippen LogP contribution in [-0.2, 0) is 4.74 Å². The van der Waals surface area contributed by atoms with Gasteiger partial charge in [-0.25, -0.2) is 13.8 Å². The molecule has 1 fully saturated rings. The van der Waals surface area contributed by atoms with Crippen molar-refractivity contribution in [2.45, 2.75) is 32.6 Å². The van der Waals surface area contributed by atoms with Crippen molar-refractivity contribution in [2.75, 3.05) is 39.9 Å². The maximum absolute atomic E-state index is 12.2. The molecule has 0 aliphatic carbocycles. The number of alkyl halides is 2. The zero-order valence-electron chi connectivity index (χ0n) is 11.9. The Morgan fingerprint density at radius 3 is 2.68 bits per heavy atom. The number of guanidine groups is 1. The Hall–Kier alpha value is -0.910. The van der Waals surface area contributed by atoms with Crippen molar-refractivity contribution in [1.82, 2.24) is 10.2 Å². The van der Waals surface area contributed by atoms with E-state index in [1.54, 1.807) is 0 Å². The van der Waals surface area contributed by atoms with Crippen LogP contribution in [0, 0.1) is 5.92 Å². The fraction of sp³-hybridized carbons (Fsp3) is 0.923. The van der Waals surface area contributed by atoms with Gasteiger partial charge in [-0.15, -0.1) is 0 Å². The summed E-state index contributed by atoms with van der Waals surface area (Å²) in [6.07, 6.45) is 0.855. The summed E-state index contributed by atoms with van der Waals surface area (Å²) in [6.45, 7) is 4.69. The van der Waals surface area contributed by atoms with Gasteiger partial charge < -0.3 is 15.0 Å². The zero-order chi connectivity index (χ0) is 14.1. The van der Waals surface area contributed by atoms with Crippen molar-refractivity contribution in [1.29, 1.82) is 0 Å². The van der Waals surface area contributed by atoms with Crippen LogP contribution in [0.2, 0.25) is 0 Å². The van der Waals surface area contributed by atoms with E-state index in [0.717, 1.165) is 39.0 Å². The first-order valence-corrected chi connectivity index (χ1v) is 6.98. The number of nitrogens with zero attached hydrogens (tertiary/aromatic N) is 2. The molecule has 1 heterocycles. The van der Waals surface area contributed by atoms with Crippen LogP contribution < -0.4 is 5.32 Å². The SMILES string of the molecule is CCNC(=NCC(F)F)N(C)CCC1CCOCC1. The molecule has 1 saturated heterocycles. The van der Waals surface area contributed by atoms with E-state index >= 15 is 0 Å². The summed E-state index contributed by atoms with van der Waals surface area (Å²) in [6, 6.07) is 0. The first-order chi connectivity index (χ1) is 9.13. The minimum absolute atomic E-state index is 0.441. The number of nitrogens with one attached hydrogen (secondary N) is 1. The Morgan fingerprint density at radius 1 is 1.42 bits per heavy atom. The molecular formula is C13H25F2N3O. The summed E-state index contributed by atoms with van der Waals surface area (Å²) in [7, 11) is 1.90. The third kappa shape index (κ3) is 6.71. The predicted octanol–water partition coefficient (Wildman–Crippen LogP) is 1.97. The molecule has 4 nitrogen and oxygen atoms in total. The highest BCUT2D eigenvalue weighted by Gasteiger charge is 2.15. The molecule has 6 heteroatoms. The van der Waals surface area contributed by atoms with E-state index in [4.69, 9.17) is 4.74 Å². The van der Waals surface area contributed by atoms with Crippen molar-refractivity contribution < 1.29 is 13.5 Å². The minimum atomic E-state index is -2.39. The summed E-state index contributed by atoms with van der Waals surface area (Å²) >= 11 is 0. The minimum Gasteiger partial charge on any atom is -0.381 e. The second kappa shape index (κ2) is 9.07. The lowest BCUT2D eigenvalue weighted by molar-refractivity contribution is 0.0625. The van der Waals surface area contributed by atoms with Gasteiger partial charge in [0, 0.05) is 33.4 Å². The third-order valence-corrected chi connectivity index (χ3v) is 3.29. The molecule has 0 atom stereocenters. The van der Waals surface area contributed by atoms with E-state index in [9.17, 15) is 8.78 Å². The highest BCUT2D eigenvalue weighted by molar-refractivity contribution is 5.79. The molecule has 1 aliphatic heterocycles. The van der Waals surface area contributed by atoms with Crippen LogP contribution >= 0.6 is 0 Å².